The van der Waals surface area contributed by atoms with Crippen molar-refractivity contribution in [2.45, 2.75) is 43.7 Å². The Hall–Kier alpha value is -2.17. The highest BCUT2D eigenvalue weighted by molar-refractivity contribution is 7.99. The number of aliphatic hydroxyl groups excluding tert-OH is 1. The smallest absolute Gasteiger partial charge is 0.209 e. The molecule has 152 valence electrons. The third kappa shape index (κ3) is 5.43. The van der Waals surface area contributed by atoms with Crippen molar-refractivity contribution in [1.82, 2.24) is 20.2 Å². The van der Waals surface area contributed by atoms with Gasteiger partial charge in [0.25, 0.3) is 0 Å². The summed E-state index contributed by atoms with van der Waals surface area (Å²) < 4.78 is 18.2. The summed E-state index contributed by atoms with van der Waals surface area (Å²) in [6.45, 7) is 2.96. The van der Waals surface area contributed by atoms with Gasteiger partial charge in [0.1, 0.15) is 6.61 Å². The van der Waals surface area contributed by atoms with Crippen molar-refractivity contribution in [1.29, 1.82) is 0 Å². The standard InChI is InChI=1S/C18H24N4O5S/c1-12(23)13-5-6-16(17(8-13)25-2)27-10-14(24)11-28-18-19-20-21-22(18)9-15-4-3-7-26-15/h5-6,8,14-15,24H,3-4,7,9-11H2,1-2H3/t14-,15+/m1/s1. The lowest BCUT2D eigenvalue weighted by Gasteiger charge is -2.15. The Bertz CT molecular complexity index is 794. The topological polar surface area (TPSA) is 109 Å². The Morgan fingerprint density at radius 3 is 3.04 bits per heavy atom. The van der Waals surface area contributed by atoms with E-state index in [-0.39, 0.29) is 18.5 Å². The molecular formula is C18H24N4O5S. The normalized spacial score (nSPS) is 17.5. The van der Waals surface area contributed by atoms with Crippen LogP contribution in [0.25, 0.3) is 0 Å². The summed E-state index contributed by atoms with van der Waals surface area (Å²) in [6.07, 6.45) is 1.48. The number of carbonyl (C=O) groups is 1. The van der Waals surface area contributed by atoms with Gasteiger partial charge in [0.2, 0.25) is 5.16 Å². The van der Waals surface area contributed by atoms with Crippen molar-refractivity contribution in [3.63, 3.8) is 0 Å². The van der Waals surface area contributed by atoms with Crippen LogP contribution < -0.4 is 9.47 Å². The number of methoxy groups -OCH3 is 1. The lowest BCUT2D eigenvalue weighted by Crippen LogP contribution is -2.21. The molecule has 28 heavy (non-hydrogen) atoms. The van der Waals surface area contributed by atoms with Gasteiger partial charge in [-0.1, -0.05) is 11.8 Å². The highest BCUT2D eigenvalue weighted by atomic mass is 32.2. The molecule has 2 heterocycles. The van der Waals surface area contributed by atoms with Crippen LogP contribution in [0.2, 0.25) is 0 Å². The zero-order valence-corrected chi connectivity index (χ0v) is 16.7. The van der Waals surface area contributed by atoms with E-state index in [1.807, 2.05) is 0 Å². The van der Waals surface area contributed by atoms with Gasteiger partial charge in [-0.05, 0) is 48.4 Å². The number of aliphatic hydroxyl groups is 1. The quantitative estimate of drug-likeness (QED) is 0.463. The molecule has 1 saturated heterocycles. The molecule has 1 aliphatic heterocycles. The van der Waals surface area contributed by atoms with Crippen molar-refractivity contribution in [2.75, 3.05) is 26.1 Å². The van der Waals surface area contributed by atoms with E-state index in [1.165, 1.54) is 25.8 Å². The molecule has 0 unspecified atom stereocenters. The maximum absolute atomic E-state index is 11.5. The van der Waals surface area contributed by atoms with Crippen LogP contribution in [0, 0.1) is 0 Å². The van der Waals surface area contributed by atoms with Crippen LogP contribution >= 0.6 is 11.8 Å². The van der Waals surface area contributed by atoms with Gasteiger partial charge >= 0.3 is 0 Å². The van der Waals surface area contributed by atoms with E-state index in [4.69, 9.17) is 14.2 Å². The molecule has 0 radical (unpaired) electrons. The van der Waals surface area contributed by atoms with Gasteiger partial charge in [0, 0.05) is 17.9 Å². The molecule has 0 aliphatic carbocycles. The van der Waals surface area contributed by atoms with E-state index in [2.05, 4.69) is 15.5 Å². The van der Waals surface area contributed by atoms with Gasteiger partial charge in [0.15, 0.2) is 17.3 Å². The minimum Gasteiger partial charge on any atom is -0.493 e. The molecule has 3 rings (SSSR count). The molecular weight excluding hydrogens is 384 g/mol. The summed E-state index contributed by atoms with van der Waals surface area (Å²) in [5, 5.41) is 22.6. The number of hydrogen-bond donors (Lipinski definition) is 1. The Balaban J connectivity index is 1.49. The number of rotatable bonds is 10. The lowest BCUT2D eigenvalue weighted by molar-refractivity contribution is 0.0911. The first-order valence-electron chi connectivity index (χ1n) is 9.07. The van der Waals surface area contributed by atoms with Crippen molar-refractivity contribution >= 4 is 17.5 Å². The van der Waals surface area contributed by atoms with Crippen LogP contribution in [0.15, 0.2) is 23.4 Å². The van der Waals surface area contributed by atoms with E-state index in [0.29, 0.717) is 34.5 Å². The predicted octanol–water partition coefficient (Wildman–Crippen LogP) is 1.60. The minimum absolute atomic E-state index is 0.0537. The molecule has 0 amide bonds. The third-order valence-electron chi connectivity index (χ3n) is 4.31. The zero-order valence-electron chi connectivity index (χ0n) is 15.9. The van der Waals surface area contributed by atoms with E-state index in [1.54, 1.807) is 22.9 Å². The highest BCUT2D eigenvalue weighted by Crippen LogP contribution is 2.28. The number of nitrogens with zero attached hydrogens (tertiary/aromatic N) is 4. The lowest BCUT2D eigenvalue weighted by atomic mass is 10.1. The number of aromatic nitrogens is 4. The van der Waals surface area contributed by atoms with Crippen LogP contribution in [0.3, 0.4) is 0 Å². The van der Waals surface area contributed by atoms with E-state index in [9.17, 15) is 9.90 Å². The second-order valence-corrected chi connectivity index (χ2v) is 7.46. The molecule has 1 fully saturated rings. The van der Waals surface area contributed by atoms with Crippen molar-refractivity contribution in [3.8, 4) is 11.5 Å². The molecule has 1 aliphatic rings. The molecule has 1 aromatic carbocycles. The maximum atomic E-state index is 11.5. The largest absolute Gasteiger partial charge is 0.493 e. The highest BCUT2D eigenvalue weighted by Gasteiger charge is 2.19. The van der Waals surface area contributed by atoms with Gasteiger partial charge in [-0.15, -0.1) is 5.10 Å². The first-order valence-corrected chi connectivity index (χ1v) is 10.1. The van der Waals surface area contributed by atoms with Crippen molar-refractivity contribution in [2.24, 2.45) is 0 Å². The number of Topliss-reactive ketones (excluding diaryl/α,β-unsaturated/α-hetero) is 1. The number of hydrogen-bond acceptors (Lipinski definition) is 9. The van der Waals surface area contributed by atoms with E-state index in [0.717, 1.165) is 19.4 Å². The SMILES string of the molecule is COc1cc(C(C)=O)ccc1OC[C@@H](O)CSc1nnnn1C[C@@H]1CCCO1. The van der Waals surface area contributed by atoms with Gasteiger partial charge < -0.3 is 19.3 Å². The minimum atomic E-state index is -0.727. The van der Waals surface area contributed by atoms with Crippen LogP contribution in [0.4, 0.5) is 0 Å². The molecule has 10 heteroatoms. The number of benzene rings is 1. The summed E-state index contributed by atoms with van der Waals surface area (Å²) in [5.41, 5.74) is 0.540. The monoisotopic (exact) mass is 408 g/mol. The fourth-order valence-electron chi connectivity index (χ4n) is 2.81. The Morgan fingerprint density at radius 1 is 1.46 bits per heavy atom. The van der Waals surface area contributed by atoms with Crippen LogP contribution in [-0.2, 0) is 11.3 Å². The number of ketones is 1. The summed E-state index contributed by atoms with van der Waals surface area (Å²) >= 11 is 1.36. The molecule has 0 saturated carbocycles. The number of tetrazole rings is 1. The number of carbonyl (C=O) groups excluding carboxylic acids is 1. The fraction of sp³-hybridized carbons (Fsp3) is 0.556. The van der Waals surface area contributed by atoms with E-state index >= 15 is 0 Å². The van der Waals surface area contributed by atoms with Crippen molar-refractivity contribution < 1.29 is 24.1 Å². The van der Waals surface area contributed by atoms with Gasteiger partial charge in [-0.3, -0.25) is 4.79 Å². The maximum Gasteiger partial charge on any atom is 0.209 e. The van der Waals surface area contributed by atoms with Crippen molar-refractivity contribution in [3.05, 3.63) is 23.8 Å². The Morgan fingerprint density at radius 2 is 2.32 bits per heavy atom. The number of ether oxygens (including phenoxy) is 3. The first kappa shape index (κ1) is 20.6. The Labute approximate surface area is 167 Å². The second kappa shape index (κ2) is 9.85. The molecule has 2 aromatic rings. The summed E-state index contributed by atoms with van der Waals surface area (Å²) in [5.74, 6) is 1.24. The molecule has 0 bridgehead atoms. The van der Waals surface area contributed by atoms with Gasteiger partial charge in [-0.2, -0.15) is 0 Å². The van der Waals surface area contributed by atoms with Gasteiger partial charge in [-0.25, -0.2) is 4.68 Å². The molecule has 1 aromatic heterocycles. The molecule has 1 N–H and O–H groups in total. The fourth-order valence-corrected chi connectivity index (χ4v) is 3.60. The average molecular weight is 408 g/mol. The molecule has 9 nitrogen and oxygen atoms in total. The predicted molar refractivity (Wildman–Crippen MR) is 102 cm³/mol. The first-order chi connectivity index (χ1) is 13.6. The average Bonchev–Trinajstić information content (AvgIpc) is 3.36. The molecule has 0 spiro atoms. The zero-order chi connectivity index (χ0) is 19.9. The third-order valence-corrected chi connectivity index (χ3v) is 5.41. The summed E-state index contributed by atoms with van der Waals surface area (Å²) in [6, 6.07) is 4.95. The summed E-state index contributed by atoms with van der Waals surface area (Å²) in [7, 11) is 1.51. The van der Waals surface area contributed by atoms with Crippen LogP contribution in [-0.4, -0.2) is 69.4 Å². The number of thioether (sulfide) groups is 1. The van der Waals surface area contributed by atoms with Gasteiger partial charge in [0.05, 0.1) is 25.9 Å². The molecule has 2 atom stereocenters. The van der Waals surface area contributed by atoms with Crippen LogP contribution in [0.5, 0.6) is 11.5 Å². The van der Waals surface area contributed by atoms with Crippen LogP contribution in [0.1, 0.15) is 30.1 Å². The van der Waals surface area contributed by atoms with E-state index < -0.39 is 6.10 Å². The second-order valence-electron chi connectivity index (χ2n) is 6.48. The Kier molecular flexibility index (Phi) is 7.24. The summed E-state index contributed by atoms with van der Waals surface area (Å²) in [4.78, 5) is 11.5.